The van der Waals surface area contributed by atoms with Crippen LogP contribution in [0.1, 0.15) is 5.56 Å². The van der Waals surface area contributed by atoms with Gasteiger partial charge in [-0.25, -0.2) is 9.97 Å². The summed E-state index contributed by atoms with van der Waals surface area (Å²) in [5.41, 5.74) is 0.303. The Morgan fingerprint density at radius 2 is 2.04 bits per heavy atom. The zero-order valence-electron chi connectivity index (χ0n) is 13.3. The molecule has 134 valence electrons. The summed E-state index contributed by atoms with van der Waals surface area (Å²) in [5.74, 6) is -0.211. The number of nitro groups is 1. The molecule has 0 fully saturated rings. The molecule has 1 aromatic heterocycles. The SMILES string of the molecule is COc1ccc(CNc2nc(Cl)nc3cc(F)c([N+](=O)[O-])cc23)cc1Cl. The summed E-state index contributed by atoms with van der Waals surface area (Å²) in [5, 5.41) is 14.6. The first-order chi connectivity index (χ1) is 12.4. The summed E-state index contributed by atoms with van der Waals surface area (Å²) >= 11 is 12.0. The molecule has 3 rings (SSSR count). The largest absolute Gasteiger partial charge is 0.495 e. The molecule has 0 radical (unpaired) electrons. The van der Waals surface area contributed by atoms with E-state index < -0.39 is 16.4 Å². The van der Waals surface area contributed by atoms with E-state index in [2.05, 4.69) is 15.3 Å². The average molecular weight is 397 g/mol. The first-order valence-corrected chi connectivity index (χ1v) is 8.02. The lowest BCUT2D eigenvalue weighted by molar-refractivity contribution is -0.387. The number of hydrogen-bond donors (Lipinski definition) is 1. The third-order valence-electron chi connectivity index (χ3n) is 3.61. The number of methoxy groups -OCH3 is 1. The van der Waals surface area contributed by atoms with E-state index in [-0.39, 0.29) is 22.0 Å². The van der Waals surface area contributed by atoms with Crippen LogP contribution in [-0.2, 0) is 6.54 Å². The van der Waals surface area contributed by atoms with E-state index in [4.69, 9.17) is 27.9 Å². The van der Waals surface area contributed by atoms with Gasteiger partial charge in [-0.1, -0.05) is 17.7 Å². The summed E-state index contributed by atoms with van der Waals surface area (Å²) < 4.78 is 18.9. The topological polar surface area (TPSA) is 90.2 Å². The van der Waals surface area contributed by atoms with E-state index >= 15 is 0 Å². The van der Waals surface area contributed by atoms with Crippen molar-refractivity contribution in [1.29, 1.82) is 0 Å². The Bertz CT molecular complexity index is 1020. The fourth-order valence-corrected chi connectivity index (χ4v) is 2.85. The molecule has 0 aliphatic heterocycles. The molecule has 0 atom stereocenters. The van der Waals surface area contributed by atoms with Gasteiger partial charge >= 0.3 is 5.69 Å². The first kappa shape index (κ1) is 18.1. The Balaban J connectivity index is 1.97. The van der Waals surface area contributed by atoms with Crippen molar-refractivity contribution >= 4 is 45.6 Å². The van der Waals surface area contributed by atoms with E-state index in [0.717, 1.165) is 17.7 Å². The standard InChI is InChI=1S/C16H11Cl2FN4O3/c1-26-14-3-2-8(4-10(14)17)7-20-15-9-5-13(23(24)25)11(19)6-12(9)21-16(18)22-15/h2-6H,7H2,1H3,(H,20,21,22). The molecule has 0 unspecified atom stereocenters. The van der Waals surface area contributed by atoms with Crippen LogP contribution in [0.15, 0.2) is 30.3 Å². The van der Waals surface area contributed by atoms with Crippen LogP contribution in [0.25, 0.3) is 10.9 Å². The minimum Gasteiger partial charge on any atom is -0.495 e. The smallest absolute Gasteiger partial charge is 0.305 e. The van der Waals surface area contributed by atoms with E-state index in [1.54, 1.807) is 18.2 Å². The van der Waals surface area contributed by atoms with Crippen LogP contribution in [0, 0.1) is 15.9 Å². The van der Waals surface area contributed by atoms with Gasteiger partial charge in [-0.15, -0.1) is 0 Å². The molecule has 0 aliphatic carbocycles. The highest BCUT2D eigenvalue weighted by atomic mass is 35.5. The van der Waals surface area contributed by atoms with Crippen molar-refractivity contribution in [2.24, 2.45) is 0 Å². The molecule has 7 nitrogen and oxygen atoms in total. The van der Waals surface area contributed by atoms with Gasteiger partial charge in [-0.2, -0.15) is 4.39 Å². The number of benzene rings is 2. The van der Waals surface area contributed by atoms with E-state index in [0.29, 0.717) is 17.3 Å². The molecule has 0 amide bonds. The Hall–Kier alpha value is -2.71. The van der Waals surface area contributed by atoms with Gasteiger partial charge in [-0.05, 0) is 29.3 Å². The maximum absolute atomic E-state index is 13.8. The van der Waals surface area contributed by atoms with Crippen molar-refractivity contribution in [2.45, 2.75) is 6.54 Å². The highest BCUT2D eigenvalue weighted by Crippen LogP contribution is 2.30. The fraction of sp³-hybridized carbons (Fsp3) is 0.125. The van der Waals surface area contributed by atoms with Crippen LogP contribution in [0.2, 0.25) is 10.3 Å². The van der Waals surface area contributed by atoms with Crippen LogP contribution < -0.4 is 10.1 Å². The van der Waals surface area contributed by atoms with E-state index in [1.807, 2.05) is 0 Å². The number of ether oxygens (including phenoxy) is 1. The summed E-state index contributed by atoms with van der Waals surface area (Å²) in [7, 11) is 1.51. The molecule has 10 heteroatoms. The maximum Gasteiger partial charge on any atom is 0.305 e. The molecule has 26 heavy (non-hydrogen) atoms. The molecule has 0 spiro atoms. The van der Waals surface area contributed by atoms with Crippen LogP contribution >= 0.6 is 23.2 Å². The molecule has 1 N–H and O–H groups in total. The normalized spacial score (nSPS) is 10.8. The Labute approximate surface area is 156 Å². The third kappa shape index (κ3) is 3.61. The molecule has 3 aromatic rings. The number of nitrogens with one attached hydrogen (secondary N) is 1. The Morgan fingerprint density at radius 3 is 2.69 bits per heavy atom. The second kappa shape index (κ2) is 7.27. The molecule has 2 aromatic carbocycles. The third-order valence-corrected chi connectivity index (χ3v) is 4.07. The quantitative estimate of drug-likeness (QED) is 0.384. The lowest BCUT2D eigenvalue weighted by atomic mass is 10.2. The summed E-state index contributed by atoms with van der Waals surface area (Å²) in [6, 6.07) is 7.25. The van der Waals surface area contributed by atoms with Crippen molar-refractivity contribution < 1.29 is 14.1 Å². The summed E-state index contributed by atoms with van der Waals surface area (Å²) in [6.07, 6.45) is 0. The van der Waals surface area contributed by atoms with Crippen molar-refractivity contribution in [2.75, 3.05) is 12.4 Å². The van der Waals surface area contributed by atoms with Gasteiger partial charge in [0.05, 0.1) is 22.6 Å². The van der Waals surface area contributed by atoms with Gasteiger partial charge < -0.3 is 10.1 Å². The number of rotatable bonds is 5. The zero-order valence-corrected chi connectivity index (χ0v) is 14.8. The van der Waals surface area contributed by atoms with Crippen molar-refractivity contribution in [3.05, 3.63) is 62.1 Å². The van der Waals surface area contributed by atoms with Crippen molar-refractivity contribution in [1.82, 2.24) is 9.97 Å². The molecule has 0 aliphatic rings. The molecule has 0 saturated heterocycles. The lowest BCUT2D eigenvalue weighted by Gasteiger charge is -2.10. The van der Waals surface area contributed by atoms with Crippen molar-refractivity contribution in [3.63, 3.8) is 0 Å². The summed E-state index contributed by atoms with van der Waals surface area (Å²) in [4.78, 5) is 18.1. The fourth-order valence-electron chi connectivity index (χ4n) is 2.39. The van der Waals surface area contributed by atoms with Gasteiger partial charge in [0.25, 0.3) is 0 Å². The van der Waals surface area contributed by atoms with Gasteiger partial charge in [0, 0.05) is 24.1 Å². The second-order valence-corrected chi connectivity index (χ2v) is 5.99. The molecule has 0 bridgehead atoms. The Morgan fingerprint density at radius 1 is 1.27 bits per heavy atom. The Kier molecular flexibility index (Phi) is 5.06. The minimum atomic E-state index is -0.995. The molecular weight excluding hydrogens is 386 g/mol. The highest BCUT2D eigenvalue weighted by Gasteiger charge is 2.18. The van der Waals surface area contributed by atoms with Gasteiger partial charge in [-0.3, -0.25) is 10.1 Å². The second-order valence-electron chi connectivity index (χ2n) is 5.24. The monoisotopic (exact) mass is 396 g/mol. The van der Waals surface area contributed by atoms with Crippen molar-refractivity contribution in [3.8, 4) is 5.75 Å². The van der Waals surface area contributed by atoms with Gasteiger partial charge in [0.1, 0.15) is 11.6 Å². The first-order valence-electron chi connectivity index (χ1n) is 7.26. The predicted octanol–water partition coefficient (Wildman–Crippen LogP) is 4.60. The molecular formula is C16H11Cl2FN4O3. The minimum absolute atomic E-state index is 0.110. The number of nitrogens with zero attached hydrogens (tertiary/aromatic N) is 3. The van der Waals surface area contributed by atoms with Crippen LogP contribution in [0.3, 0.4) is 0 Å². The average Bonchev–Trinajstić information content (AvgIpc) is 2.58. The number of hydrogen-bond acceptors (Lipinski definition) is 6. The van der Waals surface area contributed by atoms with Gasteiger partial charge in [0.2, 0.25) is 11.1 Å². The number of anilines is 1. The number of nitro benzene ring substituents is 1. The predicted molar refractivity (Wildman–Crippen MR) is 96.5 cm³/mol. The molecule has 1 heterocycles. The highest BCUT2D eigenvalue weighted by molar-refractivity contribution is 6.32. The van der Waals surface area contributed by atoms with Crippen LogP contribution in [0.4, 0.5) is 15.9 Å². The maximum atomic E-state index is 13.8. The van der Waals surface area contributed by atoms with E-state index in [9.17, 15) is 14.5 Å². The van der Waals surface area contributed by atoms with Crippen LogP contribution in [-0.4, -0.2) is 22.0 Å². The van der Waals surface area contributed by atoms with Gasteiger partial charge in [0.15, 0.2) is 0 Å². The number of fused-ring (bicyclic) bond motifs is 1. The van der Waals surface area contributed by atoms with E-state index in [1.165, 1.54) is 7.11 Å². The number of aromatic nitrogens is 2. The molecule has 0 saturated carbocycles. The zero-order chi connectivity index (χ0) is 18.8. The summed E-state index contributed by atoms with van der Waals surface area (Å²) in [6.45, 7) is 0.303. The lowest BCUT2D eigenvalue weighted by Crippen LogP contribution is -2.04. The van der Waals surface area contributed by atoms with Crippen LogP contribution in [0.5, 0.6) is 5.75 Å². The number of halogens is 3.